The summed E-state index contributed by atoms with van der Waals surface area (Å²) >= 11 is 0. The van der Waals surface area contributed by atoms with Gasteiger partial charge in [0.25, 0.3) is 0 Å². The summed E-state index contributed by atoms with van der Waals surface area (Å²) in [7, 11) is 3.85. The highest BCUT2D eigenvalue weighted by Crippen LogP contribution is 2.69. The smallest absolute Gasteiger partial charge is 0.122 e. The van der Waals surface area contributed by atoms with Crippen LogP contribution in [0.3, 0.4) is 0 Å². The Hall–Kier alpha value is -2.01. The Labute approximate surface area is 202 Å². The van der Waals surface area contributed by atoms with Crippen LogP contribution >= 0.6 is 0 Å². The van der Waals surface area contributed by atoms with Gasteiger partial charge in [-0.2, -0.15) is 4.65 Å². The van der Waals surface area contributed by atoms with Crippen molar-refractivity contribution in [1.29, 1.82) is 0 Å². The van der Waals surface area contributed by atoms with Gasteiger partial charge in [-0.3, -0.25) is 4.98 Å². The second kappa shape index (κ2) is 6.81. The molecule has 1 N–H and O–H groups in total. The molecule has 2 saturated carbocycles. The van der Waals surface area contributed by atoms with E-state index in [9.17, 15) is 5.21 Å². The third-order valence-corrected chi connectivity index (χ3v) is 10.6. The Kier molecular flexibility index (Phi) is 4.26. The van der Waals surface area contributed by atoms with Crippen molar-refractivity contribution in [3.05, 3.63) is 65.5 Å². The molecule has 2 aromatic rings. The lowest BCUT2D eigenvalue weighted by atomic mass is 9.58. The maximum absolute atomic E-state index is 10.8. The average molecular weight is 458 g/mol. The minimum Gasteiger partial charge on any atom is -0.359 e. The van der Waals surface area contributed by atoms with Crippen molar-refractivity contribution in [1.82, 2.24) is 4.98 Å². The number of ether oxygens (including phenoxy) is 1. The summed E-state index contributed by atoms with van der Waals surface area (Å²) < 4.78 is 7.42. The number of aromatic nitrogens is 1. The van der Waals surface area contributed by atoms with Gasteiger partial charge in [-0.05, 0) is 90.0 Å². The van der Waals surface area contributed by atoms with E-state index >= 15 is 0 Å². The Bertz CT molecular complexity index is 1240. The van der Waals surface area contributed by atoms with Crippen LogP contribution in [-0.4, -0.2) is 46.2 Å². The molecule has 3 aliphatic carbocycles. The van der Waals surface area contributed by atoms with Crippen LogP contribution in [-0.2, 0) is 4.74 Å². The molecule has 178 valence electrons. The molecule has 3 fully saturated rings. The van der Waals surface area contributed by atoms with Crippen molar-refractivity contribution in [2.45, 2.75) is 81.5 Å². The molecular weight excluding hydrogens is 420 g/mol. The van der Waals surface area contributed by atoms with Gasteiger partial charge in [0, 0.05) is 30.6 Å². The van der Waals surface area contributed by atoms with E-state index in [0.717, 1.165) is 38.5 Å². The number of hydrogen-bond acceptors (Lipinski definition) is 3. The van der Waals surface area contributed by atoms with E-state index in [4.69, 9.17) is 4.74 Å². The average Bonchev–Trinajstić information content (AvgIpc) is 3.33. The molecule has 4 nitrogen and oxygen atoms in total. The Morgan fingerprint density at radius 3 is 2.82 bits per heavy atom. The van der Waals surface area contributed by atoms with Crippen molar-refractivity contribution in [2.75, 3.05) is 14.1 Å². The Morgan fingerprint density at radius 1 is 1.09 bits per heavy atom. The van der Waals surface area contributed by atoms with Crippen molar-refractivity contribution < 1.29 is 14.6 Å². The zero-order valence-electron chi connectivity index (χ0n) is 20.8. The van der Waals surface area contributed by atoms with Gasteiger partial charge in [0.05, 0.1) is 25.3 Å². The first kappa shape index (κ1) is 21.3. The lowest BCUT2D eigenvalue weighted by Gasteiger charge is -2.54. The van der Waals surface area contributed by atoms with Gasteiger partial charge in [-0.25, -0.2) is 5.21 Å². The topological polar surface area (TPSA) is 42.4 Å². The molecule has 1 aromatic carbocycles. The molecule has 5 aliphatic rings. The first-order valence-corrected chi connectivity index (χ1v) is 13.3. The Morgan fingerprint density at radius 2 is 1.97 bits per heavy atom. The minimum absolute atomic E-state index is 0.0497. The van der Waals surface area contributed by atoms with Crippen LogP contribution in [0.4, 0.5) is 0 Å². The molecular formula is C30H37N2O2+. The number of benzene rings is 1. The zero-order valence-corrected chi connectivity index (χ0v) is 20.8. The molecule has 4 heteroatoms. The third-order valence-electron chi connectivity index (χ3n) is 10.6. The fourth-order valence-corrected chi connectivity index (χ4v) is 8.79. The number of allylic oxidation sites excluding steroid dienone is 1. The lowest BCUT2D eigenvalue weighted by molar-refractivity contribution is -1.09. The summed E-state index contributed by atoms with van der Waals surface area (Å²) in [5.41, 5.74) is 4.34. The van der Waals surface area contributed by atoms with Crippen molar-refractivity contribution in [3.63, 3.8) is 0 Å². The number of pyridine rings is 1. The van der Waals surface area contributed by atoms with Crippen molar-refractivity contribution >= 4 is 10.8 Å². The van der Waals surface area contributed by atoms with E-state index in [2.05, 4.69) is 48.3 Å². The number of quaternary nitrogens is 1. The molecule has 7 rings (SSSR count). The van der Waals surface area contributed by atoms with Gasteiger partial charge in [-0.1, -0.05) is 31.2 Å². The van der Waals surface area contributed by atoms with Gasteiger partial charge >= 0.3 is 0 Å². The molecule has 0 radical (unpaired) electrons. The molecule has 2 bridgehead atoms. The van der Waals surface area contributed by atoms with Crippen LogP contribution in [0.15, 0.2) is 60.0 Å². The van der Waals surface area contributed by atoms with Gasteiger partial charge in [0.1, 0.15) is 6.04 Å². The van der Waals surface area contributed by atoms with Gasteiger partial charge in [0.2, 0.25) is 0 Å². The fraction of sp³-hybridized carbons (Fsp3) is 0.567. The minimum atomic E-state index is -0.163. The summed E-state index contributed by atoms with van der Waals surface area (Å²) in [6.07, 6.45) is 17.8. The molecule has 6 atom stereocenters. The second-order valence-corrected chi connectivity index (χ2v) is 12.6. The van der Waals surface area contributed by atoms with Crippen LogP contribution < -0.4 is 0 Å². The van der Waals surface area contributed by atoms with Crippen LogP contribution in [0.25, 0.3) is 10.8 Å². The summed E-state index contributed by atoms with van der Waals surface area (Å²) in [6, 6.07) is 9.38. The first-order chi connectivity index (χ1) is 16.2. The highest BCUT2D eigenvalue weighted by molar-refractivity contribution is 5.82. The fourth-order valence-electron chi connectivity index (χ4n) is 8.79. The van der Waals surface area contributed by atoms with Gasteiger partial charge in [-0.15, -0.1) is 0 Å². The van der Waals surface area contributed by atoms with Crippen LogP contribution in [0.1, 0.15) is 69.8 Å². The predicted molar refractivity (Wildman–Crippen MR) is 133 cm³/mol. The van der Waals surface area contributed by atoms with E-state index in [1.807, 2.05) is 26.5 Å². The number of fused-ring (bicyclic) bond motifs is 2. The molecule has 6 unspecified atom stereocenters. The molecule has 1 aromatic heterocycles. The quantitative estimate of drug-likeness (QED) is 0.424. The lowest BCUT2D eigenvalue weighted by Crippen LogP contribution is -2.57. The number of hydroxylamine groups is 3. The molecule has 34 heavy (non-hydrogen) atoms. The van der Waals surface area contributed by atoms with Crippen LogP contribution in [0.2, 0.25) is 0 Å². The standard InChI is InChI=1S/C30H37N2O2/c1-28-12-10-24-17-23-6-7-25(32(2,3)33)18-29(23)13-14-30(24,34-29)27(28)9-8-26(28)21-5-4-20-11-15-31-19-22(20)16-21/h4-5,10-11,15-17,19,25-27,33H,6-9,12-14,18H2,1-3H3/q+1. The SMILES string of the molecule is CC12CC=C3C=C4CCC([N+](C)(C)O)CC45CCC3(O5)C1CCC2c1ccc2ccncc2c1. The van der Waals surface area contributed by atoms with Crippen LogP contribution in [0, 0.1) is 11.3 Å². The van der Waals surface area contributed by atoms with Gasteiger partial charge in [0.15, 0.2) is 0 Å². The first-order valence-electron chi connectivity index (χ1n) is 13.3. The third kappa shape index (κ3) is 2.74. The highest BCUT2D eigenvalue weighted by Gasteiger charge is 2.67. The second-order valence-electron chi connectivity index (χ2n) is 12.6. The van der Waals surface area contributed by atoms with E-state index in [-0.39, 0.29) is 27.3 Å². The molecule has 1 saturated heterocycles. The van der Waals surface area contributed by atoms with Crippen molar-refractivity contribution in [3.8, 4) is 0 Å². The molecule has 2 spiro atoms. The highest BCUT2D eigenvalue weighted by atomic mass is 16.5. The number of nitrogens with zero attached hydrogens (tertiary/aromatic N) is 2. The summed E-state index contributed by atoms with van der Waals surface area (Å²) in [4.78, 5) is 4.37. The monoisotopic (exact) mass is 457 g/mol. The Balaban J connectivity index is 1.27. The van der Waals surface area contributed by atoms with Crippen LogP contribution in [0.5, 0.6) is 0 Å². The molecule has 2 aliphatic heterocycles. The van der Waals surface area contributed by atoms with Gasteiger partial charge < -0.3 is 4.74 Å². The number of hydrogen-bond donors (Lipinski definition) is 1. The summed E-state index contributed by atoms with van der Waals surface area (Å²) in [6.45, 7) is 2.54. The predicted octanol–water partition coefficient (Wildman–Crippen LogP) is 6.31. The normalized spacial score (nSPS) is 40.9. The molecule has 3 heterocycles. The zero-order chi connectivity index (χ0) is 23.3. The summed E-state index contributed by atoms with van der Waals surface area (Å²) in [5, 5.41) is 13.3. The summed E-state index contributed by atoms with van der Waals surface area (Å²) in [5.74, 6) is 1.09. The number of rotatable bonds is 2. The molecule has 0 amide bonds. The maximum Gasteiger partial charge on any atom is 0.122 e. The van der Waals surface area contributed by atoms with E-state index in [1.54, 1.807) is 0 Å². The maximum atomic E-state index is 10.8. The van der Waals surface area contributed by atoms with Crippen molar-refractivity contribution in [2.24, 2.45) is 11.3 Å². The van der Waals surface area contributed by atoms with E-state index in [0.29, 0.717) is 11.8 Å². The van der Waals surface area contributed by atoms with E-state index < -0.39 is 0 Å². The largest absolute Gasteiger partial charge is 0.359 e. The van der Waals surface area contributed by atoms with E-state index in [1.165, 1.54) is 40.3 Å².